The van der Waals surface area contributed by atoms with Crippen molar-refractivity contribution in [2.24, 2.45) is 5.92 Å². The number of halogens is 2. The van der Waals surface area contributed by atoms with Crippen molar-refractivity contribution in [1.82, 2.24) is 0 Å². The van der Waals surface area contributed by atoms with Crippen molar-refractivity contribution < 1.29 is 24.2 Å². The molecule has 0 spiro atoms. The Morgan fingerprint density at radius 1 is 0.941 bits per heavy atom. The third-order valence-corrected chi connectivity index (χ3v) is 6.60. The minimum atomic E-state index is -1.10. The fraction of sp³-hybridized carbons (Fsp3) is 0.259. The number of hydrogen-bond donors (Lipinski definition) is 1. The first-order chi connectivity index (χ1) is 16.3. The van der Waals surface area contributed by atoms with Crippen LogP contribution in [0.1, 0.15) is 48.2 Å². The van der Waals surface area contributed by atoms with Crippen LogP contribution in [0.15, 0.2) is 72.8 Å². The van der Waals surface area contributed by atoms with Crippen LogP contribution in [0.3, 0.4) is 0 Å². The SMILES string of the molecule is CC(=O)[C@@H]1C[C@@H](c2ccc(Cl)cc2)[C@@H](c2ccccc2)O[C@H]1c1cc(Cl)ccc1OCC(=O)O. The van der Waals surface area contributed by atoms with Gasteiger partial charge in [0.05, 0.1) is 12.2 Å². The van der Waals surface area contributed by atoms with Crippen LogP contribution < -0.4 is 4.74 Å². The summed E-state index contributed by atoms with van der Waals surface area (Å²) in [5.41, 5.74) is 2.56. The maximum atomic E-state index is 12.9. The van der Waals surface area contributed by atoms with Gasteiger partial charge in [0.25, 0.3) is 0 Å². The molecule has 1 aliphatic heterocycles. The Labute approximate surface area is 208 Å². The zero-order chi connectivity index (χ0) is 24.2. The van der Waals surface area contributed by atoms with Gasteiger partial charge in [0.2, 0.25) is 0 Å². The Hall–Kier alpha value is -2.86. The molecule has 0 aromatic heterocycles. The molecule has 1 saturated heterocycles. The van der Waals surface area contributed by atoms with Crippen molar-refractivity contribution in [2.45, 2.75) is 31.5 Å². The van der Waals surface area contributed by atoms with Crippen molar-refractivity contribution in [3.05, 3.63) is 99.5 Å². The highest BCUT2D eigenvalue weighted by Crippen LogP contribution is 2.52. The smallest absolute Gasteiger partial charge is 0.341 e. The lowest BCUT2D eigenvalue weighted by molar-refractivity contribution is -0.143. The summed E-state index contributed by atoms with van der Waals surface area (Å²) >= 11 is 12.4. The van der Waals surface area contributed by atoms with E-state index in [4.69, 9.17) is 37.8 Å². The lowest BCUT2D eigenvalue weighted by atomic mass is 9.75. The van der Waals surface area contributed by atoms with E-state index in [1.54, 1.807) is 25.1 Å². The molecule has 4 atom stereocenters. The molecule has 1 heterocycles. The summed E-state index contributed by atoms with van der Waals surface area (Å²) < 4.78 is 12.2. The molecule has 0 unspecified atom stereocenters. The van der Waals surface area contributed by atoms with Crippen LogP contribution in [0.5, 0.6) is 5.75 Å². The van der Waals surface area contributed by atoms with E-state index >= 15 is 0 Å². The van der Waals surface area contributed by atoms with Gasteiger partial charge < -0.3 is 14.6 Å². The number of aliphatic carboxylic acids is 1. The van der Waals surface area contributed by atoms with E-state index in [0.29, 0.717) is 27.8 Å². The van der Waals surface area contributed by atoms with E-state index in [0.717, 1.165) is 11.1 Å². The molecule has 4 rings (SSSR count). The number of rotatable bonds is 7. The van der Waals surface area contributed by atoms with Crippen LogP contribution in [0.4, 0.5) is 0 Å². The summed E-state index contributed by atoms with van der Waals surface area (Å²) in [5.74, 6) is -1.36. The van der Waals surface area contributed by atoms with Gasteiger partial charge in [0.15, 0.2) is 6.61 Å². The second-order valence-electron chi connectivity index (χ2n) is 8.36. The van der Waals surface area contributed by atoms with Crippen molar-refractivity contribution >= 4 is 35.0 Å². The van der Waals surface area contributed by atoms with E-state index in [1.165, 1.54) is 0 Å². The Morgan fingerprint density at radius 3 is 2.26 bits per heavy atom. The topological polar surface area (TPSA) is 72.8 Å². The molecule has 7 heteroatoms. The molecule has 3 aromatic carbocycles. The maximum absolute atomic E-state index is 12.9. The third-order valence-electron chi connectivity index (χ3n) is 6.11. The number of hydrogen-bond acceptors (Lipinski definition) is 4. The Kier molecular flexibility index (Phi) is 7.57. The number of carbonyl (C=O) groups excluding carboxylic acids is 1. The largest absolute Gasteiger partial charge is 0.482 e. The minimum Gasteiger partial charge on any atom is -0.482 e. The summed E-state index contributed by atoms with van der Waals surface area (Å²) in [5, 5.41) is 10.2. The van der Waals surface area contributed by atoms with Gasteiger partial charge in [-0.2, -0.15) is 0 Å². The van der Waals surface area contributed by atoms with Gasteiger partial charge in [0.1, 0.15) is 11.5 Å². The van der Waals surface area contributed by atoms with E-state index in [-0.39, 0.29) is 17.8 Å². The molecule has 0 aliphatic carbocycles. The molecular formula is C27H24Cl2O5. The Morgan fingerprint density at radius 2 is 1.62 bits per heavy atom. The van der Waals surface area contributed by atoms with E-state index in [9.17, 15) is 9.59 Å². The summed E-state index contributed by atoms with van der Waals surface area (Å²) in [6.07, 6.45) is -0.477. The second kappa shape index (κ2) is 10.6. The molecule has 176 valence electrons. The lowest BCUT2D eigenvalue weighted by Crippen LogP contribution is -2.34. The predicted molar refractivity (Wildman–Crippen MR) is 131 cm³/mol. The number of carboxylic acid groups (broad SMARTS) is 1. The molecule has 34 heavy (non-hydrogen) atoms. The average Bonchev–Trinajstić information content (AvgIpc) is 2.83. The molecule has 5 nitrogen and oxygen atoms in total. The molecule has 1 N–H and O–H groups in total. The highest BCUT2D eigenvalue weighted by atomic mass is 35.5. The molecule has 1 fully saturated rings. The van der Waals surface area contributed by atoms with Gasteiger partial charge in [-0.05, 0) is 54.8 Å². The second-order valence-corrected chi connectivity index (χ2v) is 9.24. The summed E-state index contributed by atoms with van der Waals surface area (Å²) in [7, 11) is 0. The molecule has 0 radical (unpaired) electrons. The highest BCUT2D eigenvalue weighted by Gasteiger charge is 2.43. The van der Waals surface area contributed by atoms with Gasteiger partial charge in [-0.15, -0.1) is 0 Å². The maximum Gasteiger partial charge on any atom is 0.341 e. The number of benzene rings is 3. The van der Waals surface area contributed by atoms with Gasteiger partial charge in [-0.25, -0.2) is 4.79 Å². The van der Waals surface area contributed by atoms with E-state index in [1.807, 2.05) is 54.6 Å². The number of ether oxygens (including phenoxy) is 2. The Balaban J connectivity index is 1.79. The average molecular weight is 499 g/mol. The summed E-state index contributed by atoms with van der Waals surface area (Å²) in [6, 6.07) is 22.4. The zero-order valence-corrected chi connectivity index (χ0v) is 20.0. The third kappa shape index (κ3) is 5.44. The van der Waals surface area contributed by atoms with E-state index < -0.39 is 24.6 Å². The summed E-state index contributed by atoms with van der Waals surface area (Å²) in [6.45, 7) is 1.03. The molecule has 0 bridgehead atoms. The van der Waals surface area contributed by atoms with Crippen LogP contribution in [0, 0.1) is 5.92 Å². The van der Waals surface area contributed by atoms with Crippen LogP contribution in [0.2, 0.25) is 10.0 Å². The van der Waals surface area contributed by atoms with Crippen LogP contribution in [-0.4, -0.2) is 23.5 Å². The first-order valence-corrected chi connectivity index (χ1v) is 11.7. The number of ketones is 1. The first kappa shape index (κ1) is 24.3. The van der Waals surface area contributed by atoms with Crippen molar-refractivity contribution in [3.63, 3.8) is 0 Å². The molecule has 0 amide bonds. The van der Waals surface area contributed by atoms with Crippen molar-refractivity contribution in [2.75, 3.05) is 6.61 Å². The molecule has 0 saturated carbocycles. The first-order valence-electron chi connectivity index (χ1n) is 10.9. The summed E-state index contributed by atoms with van der Waals surface area (Å²) in [4.78, 5) is 24.0. The lowest BCUT2D eigenvalue weighted by Gasteiger charge is -2.42. The zero-order valence-electron chi connectivity index (χ0n) is 18.5. The fourth-order valence-corrected chi connectivity index (χ4v) is 4.83. The van der Waals surface area contributed by atoms with Gasteiger partial charge in [0, 0.05) is 27.4 Å². The van der Waals surface area contributed by atoms with Gasteiger partial charge >= 0.3 is 5.97 Å². The van der Waals surface area contributed by atoms with Crippen molar-refractivity contribution in [1.29, 1.82) is 0 Å². The van der Waals surface area contributed by atoms with E-state index in [2.05, 4.69) is 0 Å². The predicted octanol–water partition coefficient (Wildman–Crippen LogP) is 6.65. The van der Waals surface area contributed by atoms with Gasteiger partial charge in [-0.1, -0.05) is 65.7 Å². The normalized spacial score (nSPS) is 22.2. The van der Waals surface area contributed by atoms with Crippen molar-refractivity contribution in [3.8, 4) is 5.75 Å². The van der Waals surface area contributed by atoms with Gasteiger partial charge in [-0.3, -0.25) is 4.79 Å². The monoisotopic (exact) mass is 498 g/mol. The highest BCUT2D eigenvalue weighted by molar-refractivity contribution is 6.30. The quantitative estimate of drug-likeness (QED) is 0.394. The minimum absolute atomic E-state index is 0.0281. The molecule has 3 aromatic rings. The van der Waals surface area contributed by atoms with Crippen LogP contribution in [0.25, 0.3) is 0 Å². The molecule has 1 aliphatic rings. The number of carboxylic acids is 1. The molecular weight excluding hydrogens is 475 g/mol. The number of Topliss-reactive ketones (excluding diaryl/α,β-unsaturated/α-hetero) is 1. The van der Waals surface area contributed by atoms with Crippen LogP contribution in [-0.2, 0) is 14.3 Å². The Bertz CT molecular complexity index is 1160. The fourth-order valence-electron chi connectivity index (χ4n) is 4.52. The van der Waals surface area contributed by atoms with Crippen LogP contribution >= 0.6 is 23.2 Å². The standard InChI is InChI=1S/C27H24Cl2O5/c1-16(30)21-14-22(17-7-9-19(28)10-8-17)26(18-5-3-2-4-6-18)34-27(21)23-13-20(29)11-12-24(23)33-15-25(31)32/h2-13,21-22,26-27H,14-15H2,1H3,(H,31,32)/t21-,22-,26+,27+/m0/s1. The number of carbonyl (C=O) groups is 2.